The third-order valence-corrected chi connectivity index (χ3v) is 6.62. The smallest absolute Gasteiger partial charge is 0.341 e. The van der Waals surface area contributed by atoms with Gasteiger partial charge in [0.25, 0.3) is 5.91 Å². The number of carbonyl (C=O) groups excluding carboxylic acids is 3. The molecule has 0 spiro atoms. The minimum atomic E-state index is -4.15. The van der Waals surface area contributed by atoms with Gasteiger partial charge in [-0.3, -0.25) is 4.79 Å². The van der Waals surface area contributed by atoms with Gasteiger partial charge in [-0.1, -0.05) is 25.4 Å². The number of anilines is 1. The fourth-order valence-electron chi connectivity index (χ4n) is 2.37. The number of hydrogen-bond donors (Lipinski definition) is 2. The summed E-state index contributed by atoms with van der Waals surface area (Å²) in [6.07, 6.45) is 0. The van der Waals surface area contributed by atoms with Crippen LogP contribution in [0.5, 0.6) is 0 Å². The number of hydrogen-bond acceptors (Lipinski definition) is 8. The summed E-state index contributed by atoms with van der Waals surface area (Å²) in [5.74, 6) is -2.08. The van der Waals surface area contributed by atoms with Crippen molar-refractivity contribution in [2.45, 2.75) is 31.6 Å². The van der Waals surface area contributed by atoms with Crippen molar-refractivity contribution in [1.29, 1.82) is 0 Å². The molecule has 9 nitrogen and oxygen atoms in total. The highest BCUT2D eigenvalue weighted by molar-refractivity contribution is 7.89. The molecule has 0 bridgehead atoms. The zero-order valence-electron chi connectivity index (χ0n) is 16.9. The fraction of sp³-hybridized carbons (Fsp3) is 0.316. The van der Waals surface area contributed by atoms with Crippen molar-refractivity contribution < 1.29 is 32.3 Å². The van der Waals surface area contributed by atoms with Gasteiger partial charge in [0.2, 0.25) is 10.0 Å². The molecule has 0 fully saturated rings. The number of thiophene rings is 1. The number of esters is 2. The summed E-state index contributed by atoms with van der Waals surface area (Å²) in [6.45, 7) is 5.07. The van der Waals surface area contributed by atoms with Crippen LogP contribution in [0.3, 0.4) is 0 Å². The maximum absolute atomic E-state index is 12.3. The van der Waals surface area contributed by atoms with E-state index >= 15 is 0 Å². The summed E-state index contributed by atoms with van der Waals surface area (Å²) < 4.78 is 33.0. The average molecular weight is 489 g/mol. The molecule has 1 heterocycles. The van der Waals surface area contributed by atoms with Crippen LogP contribution >= 0.6 is 22.9 Å². The molecule has 0 aliphatic carbocycles. The van der Waals surface area contributed by atoms with Crippen LogP contribution in [0.1, 0.15) is 52.3 Å². The zero-order valence-corrected chi connectivity index (χ0v) is 19.3. The second-order valence-corrected chi connectivity index (χ2v) is 9.60. The van der Waals surface area contributed by atoms with Crippen LogP contribution in [0.4, 0.5) is 5.00 Å². The third-order valence-electron chi connectivity index (χ3n) is 3.88. The summed E-state index contributed by atoms with van der Waals surface area (Å²) in [7, 11) is -4.15. The molecular weight excluding hydrogens is 468 g/mol. The molecule has 31 heavy (non-hydrogen) atoms. The largest absolute Gasteiger partial charge is 0.462 e. The van der Waals surface area contributed by atoms with Crippen LogP contribution in [-0.4, -0.2) is 39.5 Å². The second-order valence-electron chi connectivity index (χ2n) is 6.58. The van der Waals surface area contributed by atoms with Crippen LogP contribution < -0.4 is 10.5 Å². The Balaban J connectivity index is 2.10. The summed E-state index contributed by atoms with van der Waals surface area (Å²) in [5, 5.41) is 7.73. The lowest BCUT2D eigenvalue weighted by molar-refractivity contribution is -0.119. The summed E-state index contributed by atoms with van der Waals surface area (Å²) >= 11 is 7.00. The van der Waals surface area contributed by atoms with Gasteiger partial charge in [0.1, 0.15) is 9.90 Å². The summed E-state index contributed by atoms with van der Waals surface area (Å²) in [6, 6.07) is 5.04. The lowest BCUT2D eigenvalue weighted by atomic mass is 10.1. The van der Waals surface area contributed by atoms with Gasteiger partial charge in [-0.15, -0.1) is 11.3 Å². The van der Waals surface area contributed by atoms with Gasteiger partial charge < -0.3 is 14.8 Å². The van der Waals surface area contributed by atoms with Gasteiger partial charge in [-0.25, -0.2) is 23.1 Å². The van der Waals surface area contributed by atoms with E-state index in [2.05, 4.69) is 5.32 Å². The molecule has 0 aliphatic heterocycles. The Kier molecular flexibility index (Phi) is 8.18. The van der Waals surface area contributed by atoms with Crippen molar-refractivity contribution in [3.63, 3.8) is 0 Å². The van der Waals surface area contributed by atoms with Crippen LogP contribution in [0, 0.1) is 0 Å². The Morgan fingerprint density at radius 3 is 2.42 bits per heavy atom. The maximum atomic E-state index is 12.3. The molecule has 2 rings (SSSR count). The fourth-order valence-corrected chi connectivity index (χ4v) is 4.51. The SMILES string of the molecule is CCOC(=O)c1cc(C(C)C)sc1NC(=O)COC(=O)c1ccc(Cl)c(S(N)(=O)=O)c1. The number of carbonyl (C=O) groups is 3. The topological polar surface area (TPSA) is 142 Å². The van der Waals surface area contributed by atoms with E-state index in [0.29, 0.717) is 0 Å². The minimum Gasteiger partial charge on any atom is -0.462 e. The van der Waals surface area contributed by atoms with E-state index in [1.807, 2.05) is 13.8 Å². The van der Waals surface area contributed by atoms with Crippen LogP contribution in [0.15, 0.2) is 29.2 Å². The monoisotopic (exact) mass is 488 g/mol. The van der Waals surface area contributed by atoms with E-state index < -0.39 is 39.4 Å². The predicted octanol–water partition coefficient (Wildman–Crippen LogP) is 3.14. The van der Waals surface area contributed by atoms with Gasteiger partial charge in [0, 0.05) is 4.88 Å². The van der Waals surface area contributed by atoms with Crippen molar-refractivity contribution in [2.24, 2.45) is 5.14 Å². The number of sulfonamides is 1. The molecule has 0 aliphatic rings. The standard InChI is InChI=1S/C19H21ClN2O7S2/c1-4-28-19(25)12-8-14(10(2)3)30-17(12)22-16(23)9-29-18(24)11-5-6-13(20)15(7-11)31(21,26)27/h5-8,10H,4,9H2,1-3H3,(H,22,23)(H2,21,26,27). The molecule has 1 aromatic heterocycles. The summed E-state index contributed by atoms with van der Waals surface area (Å²) in [4.78, 5) is 37.0. The van der Waals surface area contributed by atoms with E-state index in [4.69, 9.17) is 26.2 Å². The van der Waals surface area contributed by atoms with Gasteiger partial charge in [0.05, 0.1) is 22.8 Å². The Morgan fingerprint density at radius 2 is 1.84 bits per heavy atom. The molecule has 0 saturated carbocycles. The lowest BCUT2D eigenvalue weighted by Crippen LogP contribution is -2.22. The minimum absolute atomic E-state index is 0.125. The van der Waals surface area contributed by atoms with Crippen LogP contribution in [-0.2, 0) is 24.3 Å². The predicted molar refractivity (Wildman–Crippen MR) is 116 cm³/mol. The van der Waals surface area contributed by atoms with Crippen LogP contribution in [0.25, 0.3) is 0 Å². The van der Waals surface area contributed by atoms with E-state index in [-0.39, 0.29) is 33.7 Å². The Labute approximate surface area is 188 Å². The molecule has 1 aromatic carbocycles. The number of amides is 1. The van der Waals surface area contributed by atoms with Gasteiger partial charge in [-0.05, 0) is 37.1 Å². The quantitative estimate of drug-likeness (QED) is 0.543. The highest BCUT2D eigenvalue weighted by Gasteiger charge is 2.22. The number of benzene rings is 1. The molecule has 0 saturated heterocycles. The third kappa shape index (κ3) is 6.50. The Morgan fingerprint density at radius 1 is 1.16 bits per heavy atom. The number of rotatable bonds is 8. The molecule has 0 unspecified atom stereocenters. The molecule has 0 atom stereocenters. The van der Waals surface area contributed by atoms with E-state index in [0.717, 1.165) is 10.9 Å². The highest BCUT2D eigenvalue weighted by atomic mass is 35.5. The average Bonchev–Trinajstić information content (AvgIpc) is 3.10. The summed E-state index contributed by atoms with van der Waals surface area (Å²) in [5.41, 5.74) is 0.0670. The molecule has 1 amide bonds. The molecule has 168 valence electrons. The second kappa shape index (κ2) is 10.2. The van der Waals surface area contributed by atoms with Gasteiger partial charge in [0.15, 0.2) is 6.61 Å². The van der Waals surface area contributed by atoms with Crippen LogP contribution in [0.2, 0.25) is 5.02 Å². The number of nitrogens with two attached hydrogens (primary N) is 1. The first kappa shape index (κ1) is 24.8. The van der Waals surface area contributed by atoms with Crippen molar-refractivity contribution >= 4 is 55.8 Å². The molecule has 3 N–H and O–H groups in total. The molecule has 2 aromatic rings. The van der Waals surface area contributed by atoms with Crippen molar-refractivity contribution in [1.82, 2.24) is 0 Å². The zero-order chi connectivity index (χ0) is 23.3. The van der Waals surface area contributed by atoms with Crippen molar-refractivity contribution in [2.75, 3.05) is 18.5 Å². The lowest BCUT2D eigenvalue weighted by Gasteiger charge is -2.08. The number of primary sulfonamides is 1. The first-order valence-corrected chi connectivity index (χ1v) is 11.8. The number of nitrogens with one attached hydrogen (secondary N) is 1. The maximum Gasteiger partial charge on any atom is 0.341 e. The van der Waals surface area contributed by atoms with Gasteiger partial charge in [-0.2, -0.15) is 0 Å². The highest BCUT2D eigenvalue weighted by Crippen LogP contribution is 2.33. The number of ether oxygens (including phenoxy) is 2. The Hall–Kier alpha value is -2.47. The van der Waals surface area contributed by atoms with Crippen molar-refractivity contribution in [3.05, 3.63) is 45.3 Å². The molecular formula is C19H21ClN2O7S2. The van der Waals surface area contributed by atoms with Gasteiger partial charge >= 0.3 is 11.9 Å². The van der Waals surface area contributed by atoms with E-state index in [1.165, 1.54) is 23.5 Å². The normalized spacial score (nSPS) is 11.3. The van der Waals surface area contributed by atoms with E-state index in [9.17, 15) is 22.8 Å². The number of halogens is 1. The first-order valence-electron chi connectivity index (χ1n) is 9.04. The van der Waals surface area contributed by atoms with E-state index in [1.54, 1.807) is 13.0 Å². The van der Waals surface area contributed by atoms with Crippen molar-refractivity contribution in [3.8, 4) is 0 Å². The molecule has 12 heteroatoms. The molecule has 0 radical (unpaired) electrons. The Bertz CT molecular complexity index is 1110. The first-order chi connectivity index (χ1) is 14.4.